The fourth-order valence-corrected chi connectivity index (χ4v) is 2.26. The van der Waals surface area contributed by atoms with Gasteiger partial charge in [-0.3, -0.25) is 4.79 Å². The van der Waals surface area contributed by atoms with E-state index in [-0.39, 0.29) is 0 Å². The molecule has 0 saturated heterocycles. The van der Waals surface area contributed by atoms with E-state index in [0.717, 1.165) is 23.2 Å². The Morgan fingerprint density at radius 2 is 1.95 bits per heavy atom. The summed E-state index contributed by atoms with van der Waals surface area (Å²) in [7, 11) is 1.55. The van der Waals surface area contributed by atoms with E-state index in [1.807, 2.05) is 0 Å². The molecule has 3 nitrogen and oxygen atoms in total. The Morgan fingerprint density at radius 1 is 1.18 bits per heavy atom. The van der Waals surface area contributed by atoms with Crippen LogP contribution in [0.25, 0.3) is 0 Å². The molecule has 1 aliphatic rings. The minimum absolute atomic E-state index is 0.407. The van der Waals surface area contributed by atoms with Gasteiger partial charge in [0.05, 0.1) is 17.7 Å². The van der Waals surface area contributed by atoms with Crippen molar-refractivity contribution in [2.45, 2.75) is 12.8 Å². The average molecular weight is 304 g/mol. The van der Waals surface area contributed by atoms with Crippen molar-refractivity contribution < 1.29 is 22.6 Å². The Morgan fingerprint density at radius 3 is 2.73 bits per heavy atom. The largest absolute Gasteiger partial charge is 0.430 e. The molecule has 0 saturated carbocycles. The molecule has 1 amide bonds. The summed E-state index contributed by atoms with van der Waals surface area (Å²) in [5.41, 5.74) is 0.831. The molecule has 7 heteroatoms. The van der Waals surface area contributed by atoms with Crippen molar-refractivity contribution in [3.63, 3.8) is 0 Å². The Hall–Kier alpha value is -2.28. The van der Waals surface area contributed by atoms with Gasteiger partial charge in [-0.1, -0.05) is 18.2 Å². The molecule has 0 bridgehead atoms. The lowest BCUT2D eigenvalue weighted by Gasteiger charge is -2.13. The van der Waals surface area contributed by atoms with Gasteiger partial charge in [0.15, 0.2) is 0 Å². The molecule has 22 heavy (non-hydrogen) atoms. The van der Waals surface area contributed by atoms with Crippen molar-refractivity contribution >= 4 is 24.5 Å². The highest BCUT2D eigenvalue weighted by Crippen LogP contribution is 2.32. The Balaban J connectivity index is 1.86. The first-order valence-corrected chi connectivity index (χ1v) is 6.50. The molecule has 0 unspecified atom stereocenters. The average Bonchev–Trinajstić information content (AvgIpc) is 2.94. The molecular weight excluding hydrogens is 294 g/mol. The third kappa shape index (κ3) is 2.85. The summed E-state index contributed by atoms with van der Waals surface area (Å²) in [6.07, 6.45) is -4.58. The molecule has 0 spiro atoms. The van der Waals surface area contributed by atoms with Gasteiger partial charge in [-0.2, -0.15) is 13.2 Å². The highest BCUT2D eigenvalue weighted by molar-refractivity contribution is 6.49. The second-order valence-electron chi connectivity index (χ2n) is 4.84. The standard InChI is InChI=1S/C15H10BF3NO2/c17-15(18,19)12-4-2-1-3-11(12)14(21)20-10-6-5-9-8-22-16-13(9)7-10/h1-7H,8H2,(H,20,21). The lowest BCUT2D eigenvalue weighted by molar-refractivity contribution is -0.137. The van der Waals surface area contributed by atoms with Crippen molar-refractivity contribution in [2.24, 2.45) is 0 Å². The second kappa shape index (κ2) is 5.49. The molecule has 1 heterocycles. The number of benzene rings is 2. The molecule has 1 radical (unpaired) electrons. The third-order valence-electron chi connectivity index (χ3n) is 3.33. The first kappa shape index (κ1) is 14.7. The van der Waals surface area contributed by atoms with Gasteiger partial charge in [0, 0.05) is 5.69 Å². The normalized spacial score (nSPS) is 13.4. The van der Waals surface area contributed by atoms with Gasteiger partial charge >= 0.3 is 13.7 Å². The molecule has 1 N–H and O–H groups in total. The van der Waals surface area contributed by atoms with Crippen LogP contribution in [0.3, 0.4) is 0 Å². The predicted molar refractivity (Wildman–Crippen MR) is 76.0 cm³/mol. The van der Waals surface area contributed by atoms with Crippen LogP contribution in [0.2, 0.25) is 0 Å². The SMILES string of the molecule is O=C(Nc1ccc2c(c1)[B]OC2)c1ccccc1C(F)(F)F. The van der Waals surface area contributed by atoms with Crippen molar-refractivity contribution in [1.82, 2.24) is 0 Å². The van der Waals surface area contributed by atoms with Crippen LogP contribution in [0, 0.1) is 0 Å². The Labute approximate surface area is 125 Å². The molecule has 0 aliphatic carbocycles. The number of halogens is 3. The monoisotopic (exact) mass is 304 g/mol. The summed E-state index contributed by atoms with van der Waals surface area (Å²) >= 11 is 0. The number of alkyl halides is 3. The lowest BCUT2D eigenvalue weighted by Crippen LogP contribution is -2.20. The number of rotatable bonds is 2. The Kier molecular flexibility index (Phi) is 3.66. The number of hydrogen-bond acceptors (Lipinski definition) is 2. The van der Waals surface area contributed by atoms with Crippen LogP contribution in [-0.4, -0.2) is 13.4 Å². The quantitative estimate of drug-likeness (QED) is 0.866. The summed E-state index contributed by atoms with van der Waals surface area (Å²) < 4.78 is 43.9. The number of hydrogen-bond donors (Lipinski definition) is 1. The van der Waals surface area contributed by atoms with Gasteiger partial charge < -0.3 is 9.97 Å². The highest BCUT2D eigenvalue weighted by atomic mass is 19.4. The zero-order chi connectivity index (χ0) is 15.7. The summed E-state index contributed by atoms with van der Waals surface area (Å²) in [5.74, 6) is -0.799. The zero-order valence-corrected chi connectivity index (χ0v) is 11.3. The van der Waals surface area contributed by atoms with E-state index in [4.69, 9.17) is 4.65 Å². The van der Waals surface area contributed by atoms with E-state index in [9.17, 15) is 18.0 Å². The molecular formula is C15H10BF3NO2. The van der Waals surface area contributed by atoms with E-state index in [1.165, 1.54) is 12.1 Å². The molecule has 3 rings (SSSR count). The van der Waals surface area contributed by atoms with E-state index >= 15 is 0 Å². The van der Waals surface area contributed by atoms with E-state index < -0.39 is 23.2 Å². The molecule has 2 aromatic carbocycles. The summed E-state index contributed by atoms with van der Waals surface area (Å²) in [6, 6.07) is 9.76. The predicted octanol–water partition coefficient (Wildman–Crippen LogP) is 2.73. The minimum atomic E-state index is -4.58. The molecule has 0 fully saturated rings. The maximum Gasteiger partial charge on any atom is 0.417 e. The van der Waals surface area contributed by atoms with Gasteiger partial charge in [-0.25, -0.2) is 0 Å². The van der Waals surface area contributed by atoms with E-state index in [1.54, 1.807) is 25.7 Å². The summed E-state index contributed by atoms with van der Waals surface area (Å²) in [6.45, 7) is 0.459. The first-order valence-electron chi connectivity index (χ1n) is 6.50. The number of carbonyl (C=O) groups excluding carboxylic acids is 1. The third-order valence-corrected chi connectivity index (χ3v) is 3.33. The van der Waals surface area contributed by atoms with Crippen molar-refractivity contribution in [2.75, 3.05) is 5.32 Å². The van der Waals surface area contributed by atoms with Gasteiger partial charge in [0.2, 0.25) is 0 Å². The van der Waals surface area contributed by atoms with Gasteiger partial charge in [-0.15, -0.1) is 0 Å². The van der Waals surface area contributed by atoms with Crippen LogP contribution >= 0.6 is 0 Å². The van der Waals surface area contributed by atoms with Crippen LogP contribution in [0.15, 0.2) is 42.5 Å². The minimum Gasteiger partial charge on any atom is -0.430 e. The van der Waals surface area contributed by atoms with E-state index in [2.05, 4.69) is 5.32 Å². The number of carbonyl (C=O) groups is 1. The topological polar surface area (TPSA) is 38.3 Å². The molecule has 2 aromatic rings. The van der Waals surface area contributed by atoms with Crippen LogP contribution < -0.4 is 10.8 Å². The fourth-order valence-electron chi connectivity index (χ4n) is 2.26. The van der Waals surface area contributed by atoms with Crippen LogP contribution in [-0.2, 0) is 17.4 Å². The maximum absolute atomic E-state index is 12.9. The zero-order valence-electron chi connectivity index (χ0n) is 11.3. The van der Waals surface area contributed by atoms with Crippen LogP contribution in [0.1, 0.15) is 21.5 Å². The number of nitrogens with one attached hydrogen (secondary N) is 1. The van der Waals surface area contributed by atoms with Crippen molar-refractivity contribution in [3.8, 4) is 0 Å². The van der Waals surface area contributed by atoms with E-state index in [0.29, 0.717) is 12.3 Å². The van der Waals surface area contributed by atoms with Gasteiger partial charge in [0.1, 0.15) is 0 Å². The lowest BCUT2D eigenvalue weighted by atomic mass is 9.87. The second-order valence-corrected chi connectivity index (χ2v) is 4.84. The molecule has 1 aliphatic heterocycles. The molecule has 0 aromatic heterocycles. The summed E-state index contributed by atoms with van der Waals surface area (Å²) in [5, 5.41) is 2.49. The Bertz CT molecular complexity index is 731. The number of anilines is 1. The smallest absolute Gasteiger partial charge is 0.417 e. The number of fused-ring (bicyclic) bond motifs is 1. The van der Waals surface area contributed by atoms with Crippen molar-refractivity contribution in [1.29, 1.82) is 0 Å². The summed E-state index contributed by atoms with van der Waals surface area (Å²) in [4.78, 5) is 12.1. The molecule has 111 valence electrons. The number of amides is 1. The first-order chi connectivity index (χ1) is 10.4. The van der Waals surface area contributed by atoms with Crippen molar-refractivity contribution in [3.05, 3.63) is 59.2 Å². The maximum atomic E-state index is 12.9. The van der Waals surface area contributed by atoms with Crippen LogP contribution in [0.4, 0.5) is 18.9 Å². The molecule has 0 atom stereocenters. The van der Waals surface area contributed by atoms with Gasteiger partial charge in [0.25, 0.3) is 5.91 Å². The highest BCUT2D eigenvalue weighted by Gasteiger charge is 2.34. The van der Waals surface area contributed by atoms with Gasteiger partial charge in [-0.05, 0) is 35.3 Å². The van der Waals surface area contributed by atoms with Crippen LogP contribution in [0.5, 0.6) is 0 Å². The fraction of sp³-hybridized carbons (Fsp3) is 0.133.